The highest BCUT2D eigenvalue weighted by atomic mass is 79.9. The van der Waals surface area contributed by atoms with E-state index in [-0.39, 0.29) is 17.3 Å². The summed E-state index contributed by atoms with van der Waals surface area (Å²) in [7, 11) is 0. The predicted molar refractivity (Wildman–Crippen MR) is 58.2 cm³/mol. The van der Waals surface area contributed by atoms with Crippen LogP contribution in [-0.4, -0.2) is 16.4 Å². The first-order chi connectivity index (χ1) is 5.68. The standard InChI is InChI=1S/C10H19BrO2/c1-9(2,5-8(12)13)6-10(3,4)7-11/h5-7H2,1-4H3,(H,12,13). The summed E-state index contributed by atoms with van der Waals surface area (Å²) < 4.78 is 0. The van der Waals surface area contributed by atoms with Crippen LogP contribution in [0.3, 0.4) is 0 Å². The van der Waals surface area contributed by atoms with Crippen LogP contribution in [0.1, 0.15) is 40.5 Å². The van der Waals surface area contributed by atoms with Gasteiger partial charge in [-0.3, -0.25) is 4.79 Å². The van der Waals surface area contributed by atoms with Crippen LogP contribution in [-0.2, 0) is 4.79 Å². The fraction of sp³-hybridized carbons (Fsp3) is 0.900. The molecule has 0 fully saturated rings. The number of carboxylic acid groups (broad SMARTS) is 1. The zero-order chi connectivity index (χ0) is 10.7. The lowest BCUT2D eigenvalue weighted by molar-refractivity contribution is -0.139. The molecule has 0 spiro atoms. The summed E-state index contributed by atoms with van der Waals surface area (Å²) in [6.07, 6.45) is 1.15. The maximum Gasteiger partial charge on any atom is 0.303 e. The lowest BCUT2D eigenvalue weighted by Crippen LogP contribution is -2.26. The third kappa shape index (κ3) is 6.08. The van der Waals surface area contributed by atoms with Gasteiger partial charge in [-0.15, -0.1) is 0 Å². The quantitative estimate of drug-likeness (QED) is 0.761. The van der Waals surface area contributed by atoms with Gasteiger partial charge in [-0.25, -0.2) is 0 Å². The van der Waals surface area contributed by atoms with Gasteiger partial charge in [0.2, 0.25) is 0 Å². The second-order valence-corrected chi connectivity index (χ2v) is 5.77. The van der Waals surface area contributed by atoms with Crippen molar-refractivity contribution in [1.82, 2.24) is 0 Å². The van der Waals surface area contributed by atoms with Crippen LogP contribution in [0, 0.1) is 10.8 Å². The molecular formula is C10H19BrO2. The van der Waals surface area contributed by atoms with Gasteiger partial charge in [0.15, 0.2) is 0 Å². The van der Waals surface area contributed by atoms with Gasteiger partial charge in [0.1, 0.15) is 0 Å². The van der Waals surface area contributed by atoms with E-state index < -0.39 is 5.97 Å². The number of carbonyl (C=O) groups is 1. The Hall–Kier alpha value is -0.0500. The molecule has 0 aliphatic heterocycles. The van der Waals surface area contributed by atoms with Crippen molar-refractivity contribution in [2.45, 2.75) is 40.5 Å². The van der Waals surface area contributed by atoms with E-state index >= 15 is 0 Å². The molecule has 0 atom stereocenters. The van der Waals surface area contributed by atoms with Crippen molar-refractivity contribution in [3.63, 3.8) is 0 Å². The highest BCUT2D eigenvalue weighted by Gasteiger charge is 2.29. The van der Waals surface area contributed by atoms with Gasteiger partial charge in [0.25, 0.3) is 0 Å². The molecule has 1 N–H and O–H groups in total. The number of carboxylic acids is 1. The van der Waals surface area contributed by atoms with Gasteiger partial charge < -0.3 is 5.11 Å². The molecule has 0 heterocycles. The molecule has 0 aromatic rings. The molecule has 0 aromatic carbocycles. The molecule has 78 valence electrons. The Kier molecular flexibility index (Phi) is 4.43. The summed E-state index contributed by atoms with van der Waals surface area (Å²) in [5, 5.41) is 9.61. The number of hydrogen-bond donors (Lipinski definition) is 1. The molecule has 0 bridgehead atoms. The van der Waals surface area contributed by atoms with E-state index in [4.69, 9.17) is 5.11 Å². The molecule has 0 aliphatic rings. The molecule has 0 aromatic heterocycles. The van der Waals surface area contributed by atoms with Crippen molar-refractivity contribution in [3.8, 4) is 0 Å². The first-order valence-electron chi connectivity index (χ1n) is 4.46. The van der Waals surface area contributed by atoms with Crippen molar-refractivity contribution in [2.75, 3.05) is 5.33 Å². The fourth-order valence-corrected chi connectivity index (χ4v) is 2.01. The van der Waals surface area contributed by atoms with E-state index in [0.29, 0.717) is 0 Å². The van der Waals surface area contributed by atoms with Crippen LogP contribution in [0.5, 0.6) is 0 Å². The van der Waals surface area contributed by atoms with Crippen LogP contribution in [0.25, 0.3) is 0 Å². The van der Waals surface area contributed by atoms with Gasteiger partial charge in [-0.2, -0.15) is 0 Å². The van der Waals surface area contributed by atoms with Gasteiger partial charge in [0, 0.05) is 5.33 Å². The van der Waals surface area contributed by atoms with Crippen molar-refractivity contribution in [2.24, 2.45) is 10.8 Å². The normalized spacial score (nSPS) is 13.0. The molecular weight excluding hydrogens is 232 g/mol. The van der Waals surface area contributed by atoms with E-state index in [1.165, 1.54) is 0 Å². The Balaban J connectivity index is 4.24. The lowest BCUT2D eigenvalue weighted by Gasteiger charge is -2.32. The Morgan fingerprint density at radius 2 is 1.69 bits per heavy atom. The smallest absolute Gasteiger partial charge is 0.303 e. The third-order valence-electron chi connectivity index (χ3n) is 1.95. The summed E-state index contributed by atoms with van der Waals surface area (Å²) in [6.45, 7) is 8.30. The first-order valence-corrected chi connectivity index (χ1v) is 5.58. The molecule has 0 rings (SSSR count). The van der Waals surface area contributed by atoms with Gasteiger partial charge in [0.05, 0.1) is 6.42 Å². The maximum atomic E-state index is 10.6. The Morgan fingerprint density at radius 3 is 2.00 bits per heavy atom. The van der Waals surface area contributed by atoms with Crippen LogP contribution >= 0.6 is 15.9 Å². The van der Waals surface area contributed by atoms with E-state index in [1.807, 2.05) is 13.8 Å². The van der Waals surface area contributed by atoms with Crippen molar-refractivity contribution >= 4 is 21.9 Å². The Bertz CT molecular complexity index is 185. The van der Waals surface area contributed by atoms with Crippen LogP contribution in [0.15, 0.2) is 0 Å². The molecule has 0 unspecified atom stereocenters. The maximum absolute atomic E-state index is 10.6. The fourth-order valence-electron chi connectivity index (χ4n) is 1.81. The molecule has 3 heteroatoms. The predicted octanol–water partition coefficient (Wildman–Crippen LogP) is 3.30. The summed E-state index contributed by atoms with van der Waals surface area (Å²) in [4.78, 5) is 10.6. The first kappa shape index (κ1) is 12.9. The van der Waals surface area contributed by atoms with Gasteiger partial charge >= 0.3 is 5.97 Å². The van der Waals surface area contributed by atoms with Crippen molar-refractivity contribution < 1.29 is 9.90 Å². The Labute approximate surface area is 88.8 Å². The second-order valence-electron chi connectivity index (χ2n) is 5.21. The highest BCUT2D eigenvalue weighted by molar-refractivity contribution is 9.09. The Morgan fingerprint density at radius 1 is 1.23 bits per heavy atom. The summed E-state index contributed by atoms with van der Waals surface area (Å²) in [5.74, 6) is -0.713. The van der Waals surface area contributed by atoms with Crippen LogP contribution in [0.2, 0.25) is 0 Å². The minimum absolute atomic E-state index is 0.122. The summed E-state index contributed by atoms with van der Waals surface area (Å²) >= 11 is 3.44. The molecule has 0 radical (unpaired) electrons. The lowest BCUT2D eigenvalue weighted by atomic mass is 9.74. The van der Waals surface area contributed by atoms with Crippen molar-refractivity contribution in [3.05, 3.63) is 0 Å². The van der Waals surface area contributed by atoms with Crippen molar-refractivity contribution in [1.29, 1.82) is 0 Å². The van der Waals surface area contributed by atoms with E-state index in [0.717, 1.165) is 11.8 Å². The monoisotopic (exact) mass is 250 g/mol. The number of halogens is 1. The topological polar surface area (TPSA) is 37.3 Å². The minimum Gasteiger partial charge on any atom is -0.481 e. The molecule has 0 saturated heterocycles. The summed E-state index contributed by atoms with van der Waals surface area (Å²) in [6, 6.07) is 0. The molecule has 2 nitrogen and oxygen atoms in total. The van der Waals surface area contributed by atoms with E-state index in [2.05, 4.69) is 29.8 Å². The molecule has 0 saturated carbocycles. The average molecular weight is 251 g/mol. The van der Waals surface area contributed by atoms with E-state index in [9.17, 15) is 4.79 Å². The molecule has 0 amide bonds. The molecule has 0 aliphatic carbocycles. The van der Waals surface area contributed by atoms with Crippen LogP contribution in [0.4, 0.5) is 0 Å². The SMILES string of the molecule is CC(C)(CBr)CC(C)(C)CC(=O)O. The van der Waals surface area contributed by atoms with Crippen LogP contribution < -0.4 is 0 Å². The van der Waals surface area contributed by atoms with Gasteiger partial charge in [-0.1, -0.05) is 43.6 Å². The zero-order valence-electron chi connectivity index (χ0n) is 8.85. The highest BCUT2D eigenvalue weighted by Crippen LogP contribution is 2.37. The number of alkyl halides is 1. The van der Waals surface area contributed by atoms with E-state index in [1.54, 1.807) is 0 Å². The number of rotatable bonds is 5. The second kappa shape index (κ2) is 4.45. The average Bonchev–Trinajstić information content (AvgIpc) is 1.81. The van der Waals surface area contributed by atoms with Gasteiger partial charge in [-0.05, 0) is 17.3 Å². The largest absolute Gasteiger partial charge is 0.481 e. The minimum atomic E-state index is -0.713. The zero-order valence-corrected chi connectivity index (χ0v) is 10.4. The number of aliphatic carboxylic acids is 1. The third-order valence-corrected chi connectivity index (χ3v) is 3.47. The summed E-state index contributed by atoms with van der Waals surface area (Å²) in [5.41, 5.74) is 0.0437. The number of hydrogen-bond acceptors (Lipinski definition) is 1. The molecule has 13 heavy (non-hydrogen) atoms.